The summed E-state index contributed by atoms with van der Waals surface area (Å²) in [7, 11) is 4.00. The standard InChI is InChI=1S/C16H14FNO/c1-18(2)14-6-3-11(4-7-14)16-10-12-9-13(17)5-8-15(12)19-16/h3-10H,1-2H3. The fraction of sp³-hybridized carbons (Fsp3) is 0.125. The Labute approximate surface area is 111 Å². The highest BCUT2D eigenvalue weighted by Gasteiger charge is 2.07. The van der Waals surface area contributed by atoms with E-state index in [4.69, 9.17) is 4.42 Å². The number of nitrogens with zero attached hydrogens (tertiary/aromatic N) is 1. The summed E-state index contributed by atoms with van der Waals surface area (Å²) in [4.78, 5) is 2.04. The maximum atomic E-state index is 13.1. The number of halogens is 1. The Morgan fingerprint density at radius 3 is 2.37 bits per heavy atom. The molecule has 96 valence electrons. The van der Waals surface area contributed by atoms with Gasteiger partial charge in [0.25, 0.3) is 0 Å². The zero-order chi connectivity index (χ0) is 13.4. The van der Waals surface area contributed by atoms with Crippen LogP contribution in [0.1, 0.15) is 0 Å². The molecule has 0 atom stereocenters. The Balaban J connectivity index is 2.03. The van der Waals surface area contributed by atoms with Gasteiger partial charge in [0, 0.05) is 30.7 Å². The van der Waals surface area contributed by atoms with E-state index in [9.17, 15) is 4.39 Å². The first-order chi connectivity index (χ1) is 9.13. The molecule has 3 heteroatoms. The minimum absolute atomic E-state index is 0.247. The first-order valence-electron chi connectivity index (χ1n) is 6.10. The van der Waals surface area contributed by atoms with Gasteiger partial charge in [-0.05, 0) is 48.5 Å². The van der Waals surface area contributed by atoms with Crippen molar-refractivity contribution in [3.8, 4) is 11.3 Å². The van der Waals surface area contributed by atoms with Gasteiger partial charge in [0.05, 0.1) is 0 Å². The predicted molar refractivity (Wildman–Crippen MR) is 75.9 cm³/mol. The van der Waals surface area contributed by atoms with Crippen LogP contribution in [0.25, 0.3) is 22.3 Å². The molecule has 1 heterocycles. The molecule has 0 N–H and O–H groups in total. The van der Waals surface area contributed by atoms with Crippen molar-refractivity contribution in [1.82, 2.24) is 0 Å². The van der Waals surface area contributed by atoms with E-state index >= 15 is 0 Å². The van der Waals surface area contributed by atoms with E-state index in [1.807, 2.05) is 49.3 Å². The third-order valence-electron chi connectivity index (χ3n) is 3.15. The molecule has 0 saturated carbocycles. The van der Waals surface area contributed by atoms with Crippen molar-refractivity contribution in [2.24, 2.45) is 0 Å². The van der Waals surface area contributed by atoms with E-state index in [-0.39, 0.29) is 5.82 Å². The maximum absolute atomic E-state index is 13.1. The zero-order valence-corrected chi connectivity index (χ0v) is 10.9. The van der Waals surface area contributed by atoms with Crippen molar-refractivity contribution in [2.75, 3.05) is 19.0 Å². The number of hydrogen-bond donors (Lipinski definition) is 0. The van der Waals surface area contributed by atoms with Gasteiger partial charge in [0.2, 0.25) is 0 Å². The summed E-state index contributed by atoms with van der Waals surface area (Å²) in [6.07, 6.45) is 0. The summed E-state index contributed by atoms with van der Waals surface area (Å²) in [5.41, 5.74) is 2.82. The van der Waals surface area contributed by atoms with Crippen LogP contribution < -0.4 is 4.90 Å². The molecule has 0 aliphatic carbocycles. The van der Waals surface area contributed by atoms with Gasteiger partial charge in [-0.15, -0.1) is 0 Å². The summed E-state index contributed by atoms with van der Waals surface area (Å²) >= 11 is 0. The molecule has 0 aliphatic rings. The molecule has 0 fully saturated rings. The molecule has 0 unspecified atom stereocenters. The van der Waals surface area contributed by atoms with Gasteiger partial charge in [-0.3, -0.25) is 0 Å². The smallest absolute Gasteiger partial charge is 0.135 e. The number of rotatable bonds is 2. The third-order valence-corrected chi connectivity index (χ3v) is 3.15. The molecule has 0 bridgehead atoms. The zero-order valence-electron chi connectivity index (χ0n) is 10.9. The van der Waals surface area contributed by atoms with E-state index in [0.29, 0.717) is 5.58 Å². The topological polar surface area (TPSA) is 16.4 Å². The van der Waals surface area contributed by atoms with Gasteiger partial charge in [-0.2, -0.15) is 0 Å². The van der Waals surface area contributed by atoms with Crippen LogP contribution >= 0.6 is 0 Å². The lowest BCUT2D eigenvalue weighted by Crippen LogP contribution is -2.07. The Bertz CT molecular complexity index is 713. The highest BCUT2D eigenvalue weighted by Crippen LogP contribution is 2.29. The monoisotopic (exact) mass is 255 g/mol. The molecular weight excluding hydrogens is 241 g/mol. The predicted octanol–water partition coefficient (Wildman–Crippen LogP) is 4.30. The van der Waals surface area contributed by atoms with Crippen molar-refractivity contribution in [1.29, 1.82) is 0 Å². The lowest BCUT2D eigenvalue weighted by atomic mass is 10.1. The Kier molecular flexibility index (Phi) is 2.75. The molecule has 1 aromatic heterocycles. The Hall–Kier alpha value is -2.29. The summed E-state index contributed by atoms with van der Waals surface area (Å²) in [5, 5.41) is 0.784. The molecule has 3 aromatic rings. The minimum Gasteiger partial charge on any atom is -0.456 e. The molecule has 0 radical (unpaired) electrons. The van der Waals surface area contributed by atoms with Crippen LogP contribution in [0.4, 0.5) is 10.1 Å². The van der Waals surface area contributed by atoms with E-state index in [1.165, 1.54) is 12.1 Å². The number of fused-ring (bicyclic) bond motifs is 1. The second-order valence-electron chi connectivity index (χ2n) is 4.73. The maximum Gasteiger partial charge on any atom is 0.135 e. The third kappa shape index (κ3) is 2.19. The summed E-state index contributed by atoms with van der Waals surface area (Å²) in [6.45, 7) is 0. The van der Waals surface area contributed by atoms with Gasteiger partial charge < -0.3 is 9.32 Å². The first kappa shape index (κ1) is 11.8. The second kappa shape index (κ2) is 4.43. The molecule has 0 amide bonds. The average molecular weight is 255 g/mol. The molecule has 19 heavy (non-hydrogen) atoms. The highest BCUT2D eigenvalue weighted by molar-refractivity contribution is 5.83. The Morgan fingerprint density at radius 2 is 1.68 bits per heavy atom. The number of benzene rings is 2. The van der Waals surface area contributed by atoms with E-state index in [1.54, 1.807) is 6.07 Å². The quantitative estimate of drug-likeness (QED) is 0.678. The Morgan fingerprint density at radius 1 is 0.947 bits per heavy atom. The van der Waals surface area contributed by atoms with Crippen molar-refractivity contribution < 1.29 is 8.81 Å². The van der Waals surface area contributed by atoms with Crippen LogP contribution in [0.5, 0.6) is 0 Å². The van der Waals surface area contributed by atoms with E-state index in [2.05, 4.69) is 0 Å². The van der Waals surface area contributed by atoms with Crippen molar-refractivity contribution in [3.05, 3.63) is 54.3 Å². The van der Waals surface area contributed by atoms with Crippen molar-refractivity contribution in [2.45, 2.75) is 0 Å². The number of furan rings is 1. The van der Waals surface area contributed by atoms with Crippen LogP contribution in [-0.2, 0) is 0 Å². The fourth-order valence-corrected chi connectivity index (χ4v) is 2.08. The van der Waals surface area contributed by atoms with Gasteiger partial charge in [0.1, 0.15) is 17.2 Å². The first-order valence-corrected chi connectivity index (χ1v) is 6.10. The van der Waals surface area contributed by atoms with Crippen LogP contribution in [0.3, 0.4) is 0 Å². The minimum atomic E-state index is -0.247. The molecular formula is C16H14FNO. The summed E-state index contributed by atoms with van der Waals surface area (Å²) in [5.74, 6) is 0.508. The molecule has 0 saturated heterocycles. The van der Waals surface area contributed by atoms with Crippen LogP contribution in [0, 0.1) is 5.82 Å². The van der Waals surface area contributed by atoms with Crippen LogP contribution in [0.2, 0.25) is 0 Å². The van der Waals surface area contributed by atoms with E-state index < -0.39 is 0 Å². The van der Waals surface area contributed by atoms with E-state index in [0.717, 1.165) is 22.4 Å². The molecule has 0 aliphatic heterocycles. The fourth-order valence-electron chi connectivity index (χ4n) is 2.08. The molecule has 2 nitrogen and oxygen atoms in total. The average Bonchev–Trinajstić information content (AvgIpc) is 2.81. The molecule has 0 spiro atoms. The summed E-state index contributed by atoms with van der Waals surface area (Å²) < 4.78 is 18.9. The van der Waals surface area contributed by atoms with Gasteiger partial charge in [-0.1, -0.05) is 0 Å². The van der Waals surface area contributed by atoms with Crippen LogP contribution in [0.15, 0.2) is 52.9 Å². The lowest BCUT2D eigenvalue weighted by Gasteiger charge is -2.11. The second-order valence-corrected chi connectivity index (χ2v) is 4.73. The molecule has 2 aromatic carbocycles. The molecule has 3 rings (SSSR count). The lowest BCUT2D eigenvalue weighted by molar-refractivity contribution is 0.619. The van der Waals surface area contributed by atoms with Crippen molar-refractivity contribution in [3.63, 3.8) is 0 Å². The van der Waals surface area contributed by atoms with Gasteiger partial charge in [-0.25, -0.2) is 4.39 Å². The normalized spacial score (nSPS) is 10.9. The van der Waals surface area contributed by atoms with Crippen molar-refractivity contribution >= 4 is 16.7 Å². The number of hydrogen-bond acceptors (Lipinski definition) is 2. The largest absolute Gasteiger partial charge is 0.456 e. The highest BCUT2D eigenvalue weighted by atomic mass is 19.1. The van der Waals surface area contributed by atoms with Gasteiger partial charge in [0.15, 0.2) is 0 Å². The van der Waals surface area contributed by atoms with Gasteiger partial charge >= 0.3 is 0 Å². The van der Waals surface area contributed by atoms with Crippen LogP contribution in [-0.4, -0.2) is 14.1 Å². The summed E-state index contributed by atoms with van der Waals surface area (Å²) in [6, 6.07) is 14.5. The SMILES string of the molecule is CN(C)c1ccc(-c2cc3cc(F)ccc3o2)cc1. The number of anilines is 1.